The van der Waals surface area contributed by atoms with Gasteiger partial charge < -0.3 is 20.9 Å². The largest absolute Gasteiger partial charge is 0.467 e. The third-order valence-corrected chi connectivity index (χ3v) is 2.57. The number of hydrogen-bond acceptors (Lipinski definition) is 5. The zero-order valence-corrected chi connectivity index (χ0v) is 11.4. The fourth-order valence-electron chi connectivity index (χ4n) is 1.41. The molecule has 0 aliphatic rings. The van der Waals surface area contributed by atoms with Crippen molar-refractivity contribution in [2.24, 2.45) is 5.73 Å². The molecule has 7 nitrogen and oxygen atoms in total. The minimum atomic E-state index is -1.40. The monoisotopic (exact) mass is 292 g/mol. The number of aliphatic hydroxyl groups excluding tert-OH is 1. The number of aliphatic hydroxyl groups is 1. The Morgan fingerprint density at radius 1 is 1.33 bits per heavy atom. The van der Waals surface area contributed by atoms with Gasteiger partial charge in [-0.2, -0.15) is 0 Å². The Hall–Kier alpha value is -2.67. The van der Waals surface area contributed by atoms with Crippen LogP contribution >= 0.6 is 0 Å². The van der Waals surface area contributed by atoms with Crippen molar-refractivity contribution in [3.05, 3.63) is 41.5 Å². The van der Waals surface area contributed by atoms with E-state index in [1.165, 1.54) is 12.2 Å². The number of nitrogens with two attached hydrogens (primary N) is 1. The van der Waals surface area contributed by atoms with Gasteiger partial charge in [-0.1, -0.05) is 12.1 Å². The molecule has 1 rings (SSSR count). The van der Waals surface area contributed by atoms with E-state index in [2.05, 4.69) is 10.1 Å². The SMILES string of the molecule is COC(=O)C(O)CNC(=O)/C=C/c1ccc(C(N)=O)cc1. The second kappa shape index (κ2) is 7.81. The molecule has 112 valence electrons. The van der Waals surface area contributed by atoms with E-state index in [0.717, 1.165) is 7.11 Å². The summed E-state index contributed by atoms with van der Waals surface area (Å²) in [5.74, 6) is -1.82. The van der Waals surface area contributed by atoms with E-state index in [4.69, 9.17) is 5.73 Å². The van der Waals surface area contributed by atoms with Crippen LogP contribution in [-0.4, -0.2) is 42.6 Å². The van der Waals surface area contributed by atoms with Crippen molar-refractivity contribution in [2.75, 3.05) is 13.7 Å². The Labute approximate surface area is 121 Å². The van der Waals surface area contributed by atoms with Crippen LogP contribution in [0.25, 0.3) is 6.08 Å². The molecule has 0 radical (unpaired) electrons. The van der Waals surface area contributed by atoms with Gasteiger partial charge >= 0.3 is 5.97 Å². The molecule has 0 saturated heterocycles. The van der Waals surface area contributed by atoms with Crippen LogP contribution in [0.2, 0.25) is 0 Å². The Morgan fingerprint density at radius 3 is 2.48 bits per heavy atom. The lowest BCUT2D eigenvalue weighted by Crippen LogP contribution is -2.36. The highest BCUT2D eigenvalue weighted by Gasteiger charge is 2.15. The first kappa shape index (κ1) is 16.4. The van der Waals surface area contributed by atoms with Crippen LogP contribution in [0.5, 0.6) is 0 Å². The first-order valence-electron chi connectivity index (χ1n) is 6.05. The maximum absolute atomic E-state index is 11.5. The summed E-state index contributed by atoms with van der Waals surface area (Å²) in [5.41, 5.74) is 6.18. The number of methoxy groups -OCH3 is 1. The molecule has 0 fully saturated rings. The highest BCUT2D eigenvalue weighted by Crippen LogP contribution is 2.05. The first-order chi connectivity index (χ1) is 9.93. The summed E-state index contributed by atoms with van der Waals surface area (Å²) in [5, 5.41) is 11.6. The number of primary amides is 1. The van der Waals surface area contributed by atoms with Crippen molar-refractivity contribution in [3.8, 4) is 0 Å². The van der Waals surface area contributed by atoms with E-state index in [9.17, 15) is 19.5 Å². The number of amides is 2. The van der Waals surface area contributed by atoms with Crippen molar-refractivity contribution in [3.63, 3.8) is 0 Å². The summed E-state index contributed by atoms with van der Waals surface area (Å²) in [7, 11) is 1.14. The maximum atomic E-state index is 11.5. The number of benzene rings is 1. The molecule has 2 amide bonds. The fraction of sp³-hybridized carbons (Fsp3) is 0.214. The van der Waals surface area contributed by atoms with Crippen LogP contribution < -0.4 is 11.1 Å². The van der Waals surface area contributed by atoms with E-state index in [-0.39, 0.29) is 6.54 Å². The molecular weight excluding hydrogens is 276 g/mol. The highest BCUT2D eigenvalue weighted by atomic mass is 16.5. The molecule has 1 atom stereocenters. The minimum absolute atomic E-state index is 0.240. The van der Waals surface area contributed by atoms with E-state index in [1.54, 1.807) is 24.3 Å². The second-order valence-corrected chi connectivity index (χ2v) is 4.10. The average Bonchev–Trinajstić information content (AvgIpc) is 2.49. The van der Waals surface area contributed by atoms with Crippen LogP contribution in [0, 0.1) is 0 Å². The standard InChI is InChI=1S/C14H16N2O5/c1-21-14(20)11(17)8-16-12(18)7-4-9-2-5-10(6-3-9)13(15)19/h2-7,11,17H,8H2,1H3,(H2,15,19)(H,16,18)/b7-4+. The summed E-state index contributed by atoms with van der Waals surface area (Å²) >= 11 is 0. The number of carbonyl (C=O) groups is 3. The van der Waals surface area contributed by atoms with Crippen molar-refractivity contribution in [2.45, 2.75) is 6.10 Å². The fourth-order valence-corrected chi connectivity index (χ4v) is 1.41. The quantitative estimate of drug-likeness (QED) is 0.480. The van der Waals surface area contributed by atoms with Gasteiger partial charge in [0.15, 0.2) is 6.10 Å². The van der Waals surface area contributed by atoms with E-state index >= 15 is 0 Å². The molecule has 0 heterocycles. The van der Waals surface area contributed by atoms with Crippen LogP contribution in [0.15, 0.2) is 30.3 Å². The summed E-state index contributed by atoms with van der Waals surface area (Å²) in [6.07, 6.45) is 1.36. The van der Waals surface area contributed by atoms with Gasteiger partial charge in [-0.3, -0.25) is 9.59 Å². The van der Waals surface area contributed by atoms with Gasteiger partial charge in [-0.15, -0.1) is 0 Å². The number of esters is 1. The van der Waals surface area contributed by atoms with Gasteiger partial charge in [0.25, 0.3) is 0 Å². The van der Waals surface area contributed by atoms with Crippen LogP contribution in [0.4, 0.5) is 0 Å². The lowest BCUT2D eigenvalue weighted by atomic mass is 10.1. The smallest absolute Gasteiger partial charge is 0.336 e. The summed E-state index contributed by atoms with van der Waals surface area (Å²) < 4.78 is 4.31. The van der Waals surface area contributed by atoms with Gasteiger partial charge in [-0.05, 0) is 23.8 Å². The molecule has 0 aliphatic heterocycles. The maximum Gasteiger partial charge on any atom is 0.336 e. The molecule has 0 aliphatic carbocycles. The number of nitrogens with one attached hydrogen (secondary N) is 1. The topological polar surface area (TPSA) is 119 Å². The molecular formula is C14H16N2O5. The van der Waals surface area contributed by atoms with Gasteiger partial charge in [0, 0.05) is 11.6 Å². The summed E-state index contributed by atoms with van der Waals surface area (Å²) in [6.45, 7) is -0.240. The van der Waals surface area contributed by atoms with E-state index in [1.807, 2.05) is 0 Å². The van der Waals surface area contributed by atoms with Crippen LogP contribution in [0.1, 0.15) is 15.9 Å². The molecule has 0 aromatic heterocycles. The van der Waals surface area contributed by atoms with Crippen molar-refractivity contribution >= 4 is 23.9 Å². The number of carbonyl (C=O) groups excluding carboxylic acids is 3. The molecule has 7 heteroatoms. The van der Waals surface area contributed by atoms with Crippen molar-refractivity contribution in [1.82, 2.24) is 5.32 Å². The zero-order valence-electron chi connectivity index (χ0n) is 11.4. The molecule has 1 aromatic rings. The Balaban J connectivity index is 2.50. The van der Waals surface area contributed by atoms with Gasteiger partial charge in [-0.25, -0.2) is 4.79 Å². The summed E-state index contributed by atoms with van der Waals surface area (Å²) in [6, 6.07) is 6.35. The normalized spacial score (nSPS) is 11.9. The number of ether oxygens (including phenoxy) is 1. The van der Waals surface area contributed by atoms with E-state index < -0.39 is 23.9 Å². The first-order valence-corrected chi connectivity index (χ1v) is 6.05. The van der Waals surface area contributed by atoms with Gasteiger partial charge in [0.2, 0.25) is 11.8 Å². The number of rotatable bonds is 6. The zero-order chi connectivity index (χ0) is 15.8. The molecule has 4 N–H and O–H groups in total. The van der Waals surface area contributed by atoms with E-state index in [0.29, 0.717) is 11.1 Å². The van der Waals surface area contributed by atoms with Gasteiger partial charge in [0.1, 0.15) is 0 Å². The molecule has 21 heavy (non-hydrogen) atoms. The average molecular weight is 292 g/mol. The van der Waals surface area contributed by atoms with Crippen LogP contribution in [-0.2, 0) is 14.3 Å². The summed E-state index contributed by atoms with van der Waals surface area (Å²) in [4.78, 5) is 33.3. The second-order valence-electron chi connectivity index (χ2n) is 4.10. The molecule has 1 aromatic carbocycles. The van der Waals surface area contributed by atoms with Crippen molar-refractivity contribution in [1.29, 1.82) is 0 Å². The molecule has 0 bridgehead atoms. The predicted octanol–water partition coefficient (Wildman–Crippen LogP) is -0.551. The highest BCUT2D eigenvalue weighted by molar-refractivity contribution is 5.94. The molecule has 0 saturated carbocycles. The van der Waals surface area contributed by atoms with Crippen molar-refractivity contribution < 1.29 is 24.2 Å². The lowest BCUT2D eigenvalue weighted by Gasteiger charge is -2.07. The third kappa shape index (κ3) is 5.45. The van der Waals surface area contributed by atoms with Gasteiger partial charge in [0.05, 0.1) is 13.7 Å². The Bertz CT molecular complexity index is 551. The molecule has 1 unspecified atom stereocenters. The Kier molecular flexibility index (Phi) is 6.09. The minimum Gasteiger partial charge on any atom is -0.467 e. The third-order valence-electron chi connectivity index (χ3n) is 2.57. The lowest BCUT2D eigenvalue weighted by molar-refractivity contribution is -0.150. The number of hydrogen-bond donors (Lipinski definition) is 3. The Morgan fingerprint density at radius 2 is 1.95 bits per heavy atom. The van der Waals surface area contributed by atoms with Crippen LogP contribution in [0.3, 0.4) is 0 Å². The predicted molar refractivity (Wildman–Crippen MR) is 75.0 cm³/mol. The molecule has 0 spiro atoms.